The highest BCUT2D eigenvalue weighted by Crippen LogP contribution is 2.59. The molecule has 7 heteroatoms. The third-order valence-electron chi connectivity index (χ3n) is 2.19. The largest absolute Gasteiger partial charge is 0.375 e. The van der Waals surface area contributed by atoms with Crippen LogP contribution in [0.15, 0.2) is 0 Å². The summed E-state index contributed by atoms with van der Waals surface area (Å²) < 4.78 is 86.2. The normalized spacial score (nSPS) is 40.6. The van der Waals surface area contributed by atoms with Crippen LogP contribution in [-0.2, 0) is 0 Å². The van der Waals surface area contributed by atoms with E-state index in [4.69, 9.17) is 0 Å². The Morgan fingerprint density at radius 3 is 1.31 bits per heavy atom. The monoisotopic (exact) mass is 210 g/mol. The zero-order valence-electron chi connectivity index (χ0n) is 6.30. The molecule has 13 heavy (non-hydrogen) atoms. The van der Waals surface area contributed by atoms with Crippen molar-refractivity contribution in [3.05, 3.63) is 0 Å². The summed E-state index contributed by atoms with van der Waals surface area (Å²) in [7, 11) is 0. The van der Waals surface area contributed by atoms with Crippen LogP contribution < -0.4 is 0 Å². The molecule has 0 saturated heterocycles. The van der Waals surface area contributed by atoms with Gasteiger partial charge in [0, 0.05) is 0 Å². The minimum Gasteiger partial charge on any atom is -0.240 e. The second-order valence-electron chi connectivity index (χ2n) is 3.01. The minimum absolute atomic E-state index is 0.333. The maximum atomic E-state index is 12.4. The number of alkyl halides is 7. The topological polar surface area (TPSA) is 0 Å². The molecule has 0 spiro atoms. The first-order chi connectivity index (χ1) is 5.57. The molecule has 0 bridgehead atoms. The highest BCUT2D eigenvalue weighted by molar-refractivity contribution is 5.12. The molecular formula is C6H5F7. The predicted molar refractivity (Wildman–Crippen MR) is 28.9 cm³/mol. The fraction of sp³-hybridized carbons (Fsp3) is 1.00. The van der Waals surface area contributed by atoms with Crippen LogP contribution in [0, 0.1) is 5.92 Å². The Morgan fingerprint density at radius 1 is 0.846 bits per heavy atom. The molecule has 0 aromatic rings. The Morgan fingerprint density at radius 2 is 1.23 bits per heavy atom. The van der Waals surface area contributed by atoms with Gasteiger partial charge in [-0.1, -0.05) is 6.92 Å². The van der Waals surface area contributed by atoms with Crippen molar-refractivity contribution in [1.82, 2.24) is 0 Å². The third-order valence-corrected chi connectivity index (χ3v) is 2.19. The van der Waals surface area contributed by atoms with Gasteiger partial charge in [0.25, 0.3) is 0 Å². The van der Waals surface area contributed by atoms with Crippen LogP contribution in [0.2, 0.25) is 0 Å². The van der Waals surface area contributed by atoms with E-state index in [9.17, 15) is 30.7 Å². The van der Waals surface area contributed by atoms with E-state index in [0.29, 0.717) is 6.92 Å². The van der Waals surface area contributed by atoms with E-state index in [2.05, 4.69) is 0 Å². The summed E-state index contributed by atoms with van der Waals surface area (Å²) in [5.74, 6) is -18.6. The quantitative estimate of drug-likeness (QED) is 0.539. The average molecular weight is 210 g/mol. The predicted octanol–water partition coefficient (Wildman–Crippen LogP) is 2.88. The highest BCUT2D eigenvalue weighted by Gasteiger charge is 2.84. The molecule has 1 saturated carbocycles. The lowest BCUT2D eigenvalue weighted by molar-refractivity contribution is -0.280. The lowest BCUT2D eigenvalue weighted by Crippen LogP contribution is -2.48. The van der Waals surface area contributed by atoms with Crippen LogP contribution in [0.4, 0.5) is 30.7 Å². The van der Waals surface area contributed by atoms with E-state index in [0.717, 1.165) is 0 Å². The summed E-state index contributed by atoms with van der Waals surface area (Å²) in [6, 6.07) is 0. The van der Waals surface area contributed by atoms with Crippen LogP contribution in [0.3, 0.4) is 0 Å². The molecule has 0 aromatic carbocycles. The van der Waals surface area contributed by atoms with Crippen LogP contribution in [-0.4, -0.2) is 23.9 Å². The van der Waals surface area contributed by atoms with Crippen LogP contribution >= 0.6 is 0 Å². The van der Waals surface area contributed by atoms with E-state index >= 15 is 0 Å². The summed E-state index contributed by atoms with van der Waals surface area (Å²) in [5, 5.41) is 0. The molecule has 0 nitrogen and oxygen atoms in total. The summed E-state index contributed by atoms with van der Waals surface area (Å²) >= 11 is 0. The molecule has 1 aliphatic rings. The molecule has 0 radical (unpaired) electrons. The van der Waals surface area contributed by atoms with Gasteiger partial charge in [-0.05, 0) is 0 Å². The number of rotatable bonds is 0. The van der Waals surface area contributed by atoms with Gasteiger partial charge in [-0.25, -0.2) is 4.39 Å². The first-order valence-corrected chi connectivity index (χ1v) is 3.34. The van der Waals surface area contributed by atoms with Crippen LogP contribution in [0.1, 0.15) is 6.92 Å². The zero-order valence-corrected chi connectivity index (χ0v) is 6.30. The van der Waals surface area contributed by atoms with Gasteiger partial charge in [0.2, 0.25) is 0 Å². The van der Waals surface area contributed by atoms with Gasteiger partial charge in [0.1, 0.15) is 0 Å². The van der Waals surface area contributed by atoms with Gasteiger partial charge in [-0.2, -0.15) is 26.3 Å². The molecule has 0 amide bonds. The first kappa shape index (κ1) is 10.6. The van der Waals surface area contributed by atoms with Crippen molar-refractivity contribution in [3.8, 4) is 0 Å². The van der Waals surface area contributed by atoms with E-state index in [-0.39, 0.29) is 0 Å². The lowest BCUT2D eigenvalue weighted by atomic mass is 10.1. The lowest BCUT2D eigenvalue weighted by Gasteiger charge is -2.23. The minimum atomic E-state index is -5.61. The molecule has 1 rings (SSSR count). The Labute approximate surface area is 68.7 Å². The Balaban J connectivity index is 3.23. The molecular weight excluding hydrogens is 205 g/mol. The fourth-order valence-electron chi connectivity index (χ4n) is 1.18. The molecule has 78 valence electrons. The van der Waals surface area contributed by atoms with Crippen molar-refractivity contribution in [2.45, 2.75) is 30.9 Å². The smallest absolute Gasteiger partial charge is 0.240 e. The Bertz CT molecular complexity index is 199. The maximum Gasteiger partial charge on any atom is 0.375 e. The van der Waals surface area contributed by atoms with E-state index in [1.54, 1.807) is 0 Å². The summed E-state index contributed by atoms with van der Waals surface area (Å²) in [6.07, 6.45) is -3.52. The maximum absolute atomic E-state index is 12.4. The fourth-order valence-corrected chi connectivity index (χ4v) is 1.18. The molecule has 0 aliphatic heterocycles. The number of hydrogen-bond acceptors (Lipinski definition) is 0. The first-order valence-electron chi connectivity index (χ1n) is 3.34. The SMILES string of the molecule is CC1C(F)C(F)(F)C(F)(F)C1(F)F. The van der Waals surface area contributed by atoms with E-state index in [1.807, 2.05) is 0 Å². The second-order valence-corrected chi connectivity index (χ2v) is 3.01. The summed E-state index contributed by atoms with van der Waals surface area (Å²) in [4.78, 5) is 0. The van der Waals surface area contributed by atoms with Gasteiger partial charge >= 0.3 is 17.8 Å². The Hall–Kier alpha value is -0.490. The number of hydrogen-bond donors (Lipinski definition) is 0. The summed E-state index contributed by atoms with van der Waals surface area (Å²) in [6.45, 7) is 0.333. The van der Waals surface area contributed by atoms with E-state index < -0.39 is 29.9 Å². The number of halogens is 7. The van der Waals surface area contributed by atoms with Crippen LogP contribution in [0.25, 0.3) is 0 Å². The Kier molecular flexibility index (Phi) is 1.87. The third kappa shape index (κ3) is 0.927. The van der Waals surface area contributed by atoms with Gasteiger partial charge in [-0.3, -0.25) is 0 Å². The molecule has 1 fully saturated rings. The molecule has 1 aliphatic carbocycles. The van der Waals surface area contributed by atoms with Gasteiger partial charge in [0.05, 0.1) is 5.92 Å². The van der Waals surface area contributed by atoms with Crippen molar-refractivity contribution in [2.24, 2.45) is 5.92 Å². The molecule has 0 heterocycles. The molecule has 2 atom stereocenters. The average Bonchev–Trinajstić information content (AvgIpc) is 2.05. The van der Waals surface area contributed by atoms with Crippen molar-refractivity contribution in [2.75, 3.05) is 0 Å². The van der Waals surface area contributed by atoms with Crippen molar-refractivity contribution in [1.29, 1.82) is 0 Å². The van der Waals surface area contributed by atoms with Gasteiger partial charge in [0.15, 0.2) is 6.17 Å². The van der Waals surface area contributed by atoms with Crippen molar-refractivity contribution in [3.63, 3.8) is 0 Å². The van der Waals surface area contributed by atoms with Gasteiger partial charge < -0.3 is 0 Å². The standard InChI is InChI=1S/C6H5F7/c1-2-3(7)5(10,11)6(12,13)4(2,8)9/h2-3H,1H3. The van der Waals surface area contributed by atoms with Crippen molar-refractivity contribution >= 4 is 0 Å². The molecule has 2 unspecified atom stereocenters. The van der Waals surface area contributed by atoms with Gasteiger partial charge in [-0.15, -0.1) is 0 Å². The molecule has 0 aromatic heterocycles. The zero-order chi connectivity index (χ0) is 10.7. The second kappa shape index (κ2) is 2.30. The van der Waals surface area contributed by atoms with Crippen molar-refractivity contribution < 1.29 is 30.7 Å². The van der Waals surface area contributed by atoms with Crippen LogP contribution in [0.5, 0.6) is 0 Å². The molecule has 0 N–H and O–H groups in total. The van der Waals surface area contributed by atoms with E-state index in [1.165, 1.54) is 0 Å². The summed E-state index contributed by atoms with van der Waals surface area (Å²) in [5.41, 5.74) is 0. The highest BCUT2D eigenvalue weighted by atomic mass is 19.3.